The lowest BCUT2D eigenvalue weighted by molar-refractivity contribution is -0.146. The molecular weight excluding hydrogens is 292 g/mol. The van der Waals surface area contributed by atoms with Crippen LogP contribution in [0.15, 0.2) is 60.7 Å². The average molecular weight is 308 g/mol. The van der Waals surface area contributed by atoms with Crippen LogP contribution in [-0.2, 0) is 24.6 Å². The number of benzene rings is 2. The second-order valence-electron chi connectivity index (χ2n) is 5.25. The van der Waals surface area contributed by atoms with Crippen LogP contribution >= 0.6 is 0 Å². The molecule has 0 amide bonds. The summed E-state index contributed by atoms with van der Waals surface area (Å²) in [6.45, 7) is 2.28. The second kappa shape index (κ2) is 6.48. The minimum atomic E-state index is -1.80. The van der Waals surface area contributed by atoms with Crippen LogP contribution in [-0.4, -0.2) is 23.1 Å². The topological polar surface area (TPSA) is 68.3 Å². The molecule has 0 aliphatic rings. The lowest BCUT2D eigenvalue weighted by atomic mass is 9.67. The Morgan fingerprint density at radius 1 is 0.696 bits per heavy atom. The van der Waals surface area contributed by atoms with Gasteiger partial charge >= 0.3 is 0 Å². The third kappa shape index (κ3) is 2.75. The predicted molar refractivity (Wildman–Crippen MR) is 85.0 cm³/mol. The van der Waals surface area contributed by atoms with Crippen LogP contribution in [0.25, 0.3) is 0 Å². The maximum atomic E-state index is 12.9. The molecule has 0 N–H and O–H groups in total. The Labute approximate surface area is 134 Å². The summed E-state index contributed by atoms with van der Waals surface area (Å²) in [5, 5.41) is 0. The highest BCUT2D eigenvalue weighted by Gasteiger charge is 2.49. The van der Waals surface area contributed by atoms with E-state index in [4.69, 9.17) is 0 Å². The molecule has 0 saturated heterocycles. The van der Waals surface area contributed by atoms with Crippen molar-refractivity contribution < 1.29 is 19.2 Å². The first-order valence-electron chi connectivity index (χ1n) is 7.14. The van der Waals surface area contributed by atoms with Gasteiger partial charge in [-0.2, -0.15) is 0 Å². The zero-order valence-electron chi connectivity index (χ0n) is 12.9. The summed E-state index contributed by atoms with van der Waals surface area (Å²) in [6.07, 6.45) is 0. The molecular formula is C19H16O4. The summed E-state index contributed by atoms with van der Waals surface area (Å²) >= 11 is 0. The molecule has 0 spiro atoms. The maximum Gasteiger partial charge on any atom is 0.265 e. The summed E-state index contributed by atoms with van der Waals surface area (Å²) < 4.78 is 0. The molecule has 0 aliphatic heterocycles. The van der Waals surface area contributed by atoms with Gasteiger partial charge in [-0.3, -0.25) is 19.2 Å². The van der Waals surface area contributed by atoms with Gasteiger partial charge in [0.25, 0.3) is 5.78 Å². The van der Waals surface area contributed by atoms with E-state index in [1.807, 2.05) is 0 Å². The predicted octanol–water partition coefficient (Wildman–Crippen LogP) is 2.29. The number of ketones is 4. The van der Waals surface area contributed by atoms with E-state index in [-0.39, 0.29) is 0 Å². The van der Waals surface area contributed by atoms with Gasteiger partial charge in [0.15, 0.2) is 5.78 Å². The molecule has 0 fully saturated rings. The molecule has 0 atom stereocenters. The molecule has 23 heavy (non-hydrogen) atoms. The standard InChI is InChI=1S/C19H16O4/c1-13(20)17(22)18(23)19(14(2)21,15-9-5-3-6-10-15)16-11-7-4-8-12-16/h3-12H,1-2H3. The zero-order valence-corrected chi connectivity index (χ0v) is 12.9. The van der Waals surface area contributed by atoms with Crippen LogP contribution in [0.1, 0.15) is 25.0 Å². The lowest BCUT2D eigenvalue weighted by Gasteiger charge is -2.30. The number of carbonyl (C=O) groups is 4. The fourth-order valence-corrected chi connectivity index (χ4v) is 2.70. The number of rotatable bonds is 6. The van der Waals surface area contributed by atoms with Crippen molar-refractivity contribution in [3.63, 3.8) is 0 Å². The van der Waals surface area contributed by atoms with Crippen molar-refractivity contribution in [3.05, 3.63) is 71.8 Å². The van der Waals surface area contributed by atoms with Gasteiger partial charge in [-0.05, 0) is 18.1 Å². The number of hydrogen-bond acceptors (Lipinski definition) is 4. The van der Waals surface area contributed by atoms with Gasteiger partial charge in [-0.25, -0.2) is 0 Å². The van der Waals surface area contributed by atoms with Crippen molar-refractivity contribution in [1.29, 1.82) is 0 Å². The van der Waals surface area contributed by atoms with Crippen LogP contribution in [0, 0.1) is 0 Å². The van der Waals surface area contributed by atoms with E-state index in [0.29, 0.717) is 11.1 Å². The van der Waals surface area contributed by atoms with E-state index in [0.717, 1.165) is 6.92 Å². The van der Waals surface area contributed by atoms with Gasteiger partial charge in [0, 0.05) is 6.92 Å². The minimum absolute atomic E-state index is 0.373. The van der Waals surface area contributed by atoms with Crippen molar-refractivity contribution in [2.75, 3.05) is 0 Å². The van der Waals surface area contributed by atoms with Crippen molar-refractivity contribution in [2.24, 2.45) is 0 Å². The summed E-state index contributed by atoms with van der Waals surface area (Å²) in [5.41, 5.74) is -1.05. The van der Waals surface area contributed by atoms with Gasteiger partial charge in [-0.15, -0.1) is 0 Å². The quantitative estimate of drug-likeness (QED) is 0.606. The highest BCUT2D eigenvalue weighted by molar-refractivity contribution is 6.67. The number of carbonyl (C=O) groups excluding carboxylic acids is 4. The largest absolute Gasteiger partial charge is 0.298 e. The minimum Gasteiger partial charge on any atom is -0.298 e. The molecule has 0 saturated carbocycles. The van der Waals surface area contributed by atoms with Gasteiger partial charge < -0.3 is 0 Å². The molecule has 2 aromatic carbocycles. The third-order valence-electron chi connectivity index (χ3n) is 3.81. The highest BCUT2D eigenvalue weighted by Crippen LogP contribution is 2.35. The zero-order chi connectivity index (χ0) is 17.0. The van der Waals surface area contributed by atoms with E-state index >= 15 is 0 Å². The normalized spacial score (nSPS) is 10.9. The highest BCUT2D eigenvalue weighted by atomic mass is 16.2. The molecule has 0 aliphatic carbocycles. The van der Waals surface area contributed by atoms with Crippen molar-refractivity contribution in [1.82, 2.24) is 0 Å². The lowest BCUT2D eigenvalue weighted by Crippen LogP contribution is -2.48. The van der Waals surface area contributed by atoms with Gasteiger partial charge in [0.1, 0.15) is 5.41 Å². The van der Waals surface area contributed by atoms with Crippen LogP contribution < -0.4 is 0 Å². The Morgan fingerprint density at radius 3 is 1.39 bits per heavy atom. The fourth-order valence-electron chi connectivity index (χ4n) is 2.70. The SMILES string of the molecule is CC(=O)C(=O)C(=O)C(C(C)=O)(c1ccccc1)c1ccccc1. The molecule has 2 aromatic rings. The molecule has 0 heterocycles. The Balaban J connectivity index is 2.82. The van der Waals surface area contributed by atoms with Crippen LogP contribution in [0.2, 0.25) is 0 Å². The summed E-state index contributed by atoms with van der Waals surface area (Å²) in [4.78, 5) is 48.9. The molecule has 116 valence electrons. The monoisotopic (exact) mass is 308 g/mol. The number of hydrogen-bond donors (Lipinski definition) is 0. The van der Waals surface area contributed by atoms with Gasteiger partial charge in [0.05, 0.1) is 0 Å². The third-order valence-corrected chi connectivity index (χ3v) is 3.81. The van der Waals surface area contributed by atoms with Gasteiger partial charge in [0.2, 0.25) is 11.6 Å². The fraction of sp³-hybridized carbons (Fsp3) is 0.158. The molecule has 0 bridgehead atoms. The van der Waals surface area contributed by atoms with E-state index in [9.17, 15) is 19.2 Å². The van der Waals surface area contributed by atoms with Crippen molar-refractivity contribution in [2.45, 2.75) is 19.3 Å². The first kappa shape index (κ1) is 16.5. The van der Waals surface area contributed by atoms with E-state index in [1.54, 1.807) is 60.7 Å². The van der Waals surface area contributed by atoms with Gasteiger partial charge in [-0.1, -0.05) is 60.7 Å². The molecule has 0 radical (unpaired) electrons. The summed E-state index contributed by atoms with van der Waals surface area (Å²) in [5.74, 6) is -3.58. The van der Waals surface area contributed by atoms with Crippen molar-refractivity contribution >= 4 is 23.1 Å². The summed E-state index contributed by atoms with van der Waals surface area (Å²) in [6, 6.07) is 16.7. The Kier molecular flexibility index (Phi) is 4.65. The van der Waals surface area contributed by atoms with E-state index in [1.165, 1.54) is 6.92 Å². The van der Waals surface area contributed by atoms with E-state index < -0.39 is 28.5 Å². The molecule has 4 nitrogen and oxygen atoms in total. The smallest absolute Gasteiger partial charge is 0.265 e. The second-order valence-corrected chi connectivity index (χ2v) is 5.25. The molecule has 0 unspecified atom stereocenters. The molecule has 0 aromatic heterocycles. The first-order chi connectivity index (χ1) is 10.9. The average Bonchev–Trinajstić information content (AvgIpc) is 2.56. The maximum absolute atomic E-state index is 12.9. The van der Waals surface area contributed by atoms with Crippen LogP contribution in [0.5, 0.6) is 0 Å². The van der Waals surface area contributed by atoms with E-state index in [2.05, 4.69) is 0 Å². The molecule has 2 rings (SSSR count). The first-order valence-corrected chi connectivity index (χ1v) is 7.14. The van der Waals surface area contributed by atoms with Crippen molar-refractivity contribution in [3.8, 4) is 0 Å². The Morgan fingerprint density at radius 2 is 1.09 bits per heavy atom. The Hall–Kier alpha value is -2.88. The van der Waals surface area contributed by atoms with Crippen LogP contribution in [0.3, 0.4) is 0 Å². The summed E-state index contributed by atoms with van der Waals surface area (Å²) in [7, 11) is 0. The van der Waals surface area contributed by atoms with Crippen LogP contribution in [0.4, 0.5) is 0 Å². The Bertz CT molecular complexity index is 721. The molecule has 4 heteroatoms. The number of Topliss-reactive ketones (excluding diaryl/α,β-unsaturated/α-hetero) is 4.